The average molecular weight is 284 g/mol. The number of nitrogens with zero attached hydrogens (tertiary/aromatic N) is 3. The van der Waals surface area contributed by atoms with Gasteiger partial charge in [-0.3, -0.25) is 4.68 Å². The summed E-state index contributed by atoms with van der Waals surface area (Å²) in [5.74, 6) is 0. The number of rotatable bonds is 4. The lowest BCUT2D eigenvalue weighted by Gasteiger charge is -2.00. The second kappa shape index (κ2) is 5.56. The van der Waals surface area contributed by atoms with Crippen LogP contribution in [0.5, 0.6) is 0 Å². The molecule has 20 heavy (non-hydrogen) atoms. The van der Waals surface area contributed by atoms with Gasteiger partial charge in [0.1, 0.15) is 5.01 Å². The van der Waals surface area contributed by atoms with Crippen LogP contribution in [0, 0.1) is 0 Å². The molecule has 0 spiro atoms. The van der Waals surface area contributed by atoms with Crippen molar-refractivity contribution < 1.29 is 0 Å². The molecule has 0 radical (unpaired) electrons. The molecule has 102 valence electrons. The second-order valence-electron chi connectivity index (χ2n) is 4.60. The summed E-state index contributed by atoms with van der Waals surface area (Å²) in [7, 11) is 1.91. The Hall–Kier alpha value is -1.98. The lowest BCUT2D eigenvalue weighted by Crippen LogP contribution is -2.02. The van der Waals surface area contributed by atoms with E-state index in [4.69, 9.17) is 10.7 Å². The molecule has 0 bridgehead atoms. The van der Waals surface area contributed by atoms with Crippen LogP contribution < -0.4 is 5.73 Å². The zero-order valence-corrected chi connectivity index (χ0v) is 12.1. The highest BCUT2D eigenvalue weighted by Crippen LogP contribution is 2.33. The molecule has 0 unspecified atom stereocenters. The summed E-state index contributed by atoms with van der Waals surface area (Å²) in [5.41, 5.74) is 8.96. The quantitative estimate of drug-likeness (QED) is 0.801. The van der Waals surface area contributed by atoms with Crippen LogP contribution in [-0.2, 0) is 13.5 Å². The maximum Gasteiger partial charge on any atom is 0.127 e. The predicted molar refractivity (Wildman–Crippen MR) is 82.5 cm³/mol. The Bertz CT molecular complexity index is 700. The van der Waals surface area contributed by atoms with E-state index in [0.29, 0.717) is 6.54 Å². The van der Waals surface area contributed by atoms with Gasteiger partial charge < -0.3 is 5.73 Å². The molecule has 0 atom stereocenters. The molecule has 1 aromatic carbocycles. The zero-order chi connectivity index (χ0) is 13.9. The minimum Gasteiger partial charge on any atom is -0.330 e. The van der Waals surface area contributed by atoms with Crippen LogP contribution in [0.1, 0.15) is 4.88 Å². The summed E-state index contributed by atoms with van der Waals surface area (Å²) in [6.07, 6.45) is 4.68. The molecule has 0 saturated carbocycles. The van der Waals surface area contributed by atoms with Crippen molar-refractivity contribution >= 4 is 11.3 Å². The van der Waals surface area contributed by atoms with E-state index in [1.807, 2.05) is 37.6 Å². The van der Waals surface area contributed by atoms with E-state index in [1.165, 1.54) is 4.88 Å². The Morgan fingerprint density at radius 2 is 2.00 bits per heavy atom. The van der Waals surface area contributed by atoms with E-state index in [0.717, 1.165) is 28.2 Å². The second-order valence-corrected chi connectivity index (χ2v) is 5.68. The fraction of sp³-hybridized carbons (Fsp3) is 0.200. The molecule has 0 saturated heterocycles. The van der Waals surface area contributed by atoms with E-state index in [2.05, 4.69) is 17.2 Å². The highest BCUT2D eigenvalue weighted by molar-refractivity contribution is 7.15. The van der Waals surface area contributed by atoms with Gasteiger partial charge in [-0.15, -0.1) is 11.3 Å². The SMILES string of the molecule is Cn1cc(-c2nc(-c3ccccc3)c(CCN)s2)cn1. The number of aryl methyl sites for hydroxylation is 1. The lowest BCUT2D eigenvalue weighted by molar-refractivity contribution is 0.768. The third-order valence-corrected chi connectivity index (χ3v) is 4.23. The summed E-state index contributed by atoms with van der Waals surface area (Å²) in [5, 5.41) is 5.21. The van der Waals surface area contributed by atoms with Gasteiger partial charge in [-0.25, -0.2) is 4.98 Å². The molecular weight excluding hydrogens is 268 g/mol. The molecule has 4 nitrogen and oxygen atoms in total. The van der Waals surface area contributed by atoms with Gasteiger partial charge >= 0.3 is 0 Å². The standard InChI is InChI=1S/C15H16N4S/c1-19-10-12(9-17-19)15-18-14(13(20-15)7-8-16)11-5-3-2-4-6-11/h2-6,9-10H,7-8,16H2,1H3. The Balaban J connectivity index is 2.07. The topological polar surface area (TPSA) is 56.7 Å². The van der Waals surface area contributed by atoms with Gasteiger partial charge in [0.2, 0.25) is 0 Å². The molecule has 2 heterocycles. The average Bonchev–Trinajstić information content (AvgIpc) is 3.07. The molecule has 3 aromatic rings. The van der Waals surface area contributed by atoms with E-state index in [1.54, 1.807) is 16.0 Å². The van der Waals surface area contributed by atoms with Crippen molar-refractivity contribution in [2.24, 2.45) is 12.8 Å². The minimum absolute atomic E-state index is 0.633. The van der Waals surface area contributed by atoms with Gasteiger partial charge in [0.15, 0.2) is 0 Å². The van der Waals surface area contributed by atoms with Crippen LogP contribution in [0.3, 0.4) is 0 Å². The Morgan fingerprint density at radius 3 is 2.65 bits per heavy atom. The van der Waals surface area contributed by atoms with E-state index < -0.39 is 0 Å². The van der Waals surface area contributed by atoms with Gasteiger partial charge in [-0.1, -0.05) is 30.3 Å². The monoisotopic (exact) mass is 284 g/mol. The molecule has 2 aromatic heterocycles. The summed E-state index contributed by atoms with van der Waals surface area (Å²) in [4.78, 5) is 6.03. The van der Waals surface area contributed by atoms with Crippen LogP contribution in [-0.4, -0.2) is 21.3 Å². The molecule has 2 N–H and O–H groups in total. The summed E-state index contributed by atoms with van der Waals surface area (Å²) in [6.45, 7) is 0.633. The Labute approximate surface area is 121 Å². The van der Waals surface area contributed by atoms with Crippen LogP contribution in [0.2, 0.25) is 0 Å². The van der Waals surface area contributed by atoms with Crippen LogP contribution >= 0.6 is 11.3 Å². The normalized spacial score (nSPS) is 10.9. The lowest BCUT2D eigenvalue weighted by atomic mass is 10.1. The number of thiazole rings is 1. The minimum atomic E-state index is 0.633. The molecule has 0 aliphatic carbocycles. The van der Waals surface area contributed by atoms with Crippen LogP contribution in [0.15, 0.2) is 42.7 Å². The zero-order valence-electron chi connectivity index (χ0n) is 11.3. The van der Waals surface area contributed by atoms with Crippen molar-refractivity contribution in [1.82, 2.24) is 14.8 Å². The fourth-order valence-electron chi connectivity index (χ4n) is 2.13. The predicted octanol–water partition coefficient (Wildman–Crippen LogP) is 2.71. The van der Waals surface area contributed by atoms with Gasteiger partial charge in [-0.05, 0) is 13.0 Å². The van der Waals surface area contributed by atoms with E-state index >= 15 is 0 Å². The van der Waals surface area contributed by atoms with Gasteiger partial charge in [0.05, 0.1) is 11.9 Å². The van der Waals surface area contributed by atoms with Gasteiger partial charge in [-0.2, -0.15) is 5.10 Å². The van der Waals surface area contributed by atoms with Crippen molar-refractivity contribution in [2.75, 3.05) is 6.54 Å². The van der Waals surface area contributed by atoms with Crippen molar-refractivity contribution in [1.29, 1.82) is 0 Å². The number of benzene rings is 1. The molecule has 5 heteroatoms. The Morgan fingerprint density at radius 1 is 1.20 bits per heavy atom. The molecule has 3 rings (SSSR count). The van der Waals surface area contributed by atoms with E-state index in [9.17, 15) is 0 Å². The smallest absolute Gasteiger partial charge is 0.127 e. The molecule has 0 aliphatic heterocycles. The first-order chi connectivity index (χ1) is 9.78. The van der Waals surface area contributed by atoms with Crippen LogP contribution in [0.4, 0.5) is 0 Å². The number of hydrogen-bond acceptors (Lipinski definition) is 4. The summed E-state index contributed by atoms with van der Waals surface area (Å²) < 4.78 is 1.79. The number of hydrogen-bond donors (Lipinski definition) is 1. The fourth-order valence-corrected chi connectivity index (χ4v) is 3.20. The van der Waals surface area contributed by atoms with Crippen molar-refractivity contribution in [3.63, 3.8) is 0 Å². The summed E-state index contributed by atoms with van der Waals surface area (Å²) in [6, 6.07) is 10.2. The largest absolute Gasteiger partial charge is 0.330 e. The molecule has 0 aliphatic rings. The highest BCUT2D eigenvalue weighted by atomic mass is 32.1. The third-order valence-electron chi connectivity index (χ3n) is 3.07. The first-order valence-electron chi connectivity index (χ1n) is 6.52. The summed E-state index contributed by atoms with van der Waals surface area (Å²) >= 11 is 1.70. The van der Waals surface area contributed by atoms with Crippen molar-refractivity contribution in [2.45, 2.75) is 6.42 Å². The van der Waals surface area contributed by atoms with Crippen molar-refractivity contribution in [3.8, 4) is 21.8 Å². The molecule has 0 fully saturated rings. The van der Waals surface area contributed by atoms with E-state index in [-0.39, 0.29) is 0 Å². The maximum absolute atomic E-state index is 5.72. The molecular formula is C15H16N4S. The highest BCUT2D eigenvalue weighted by Gasteiger charge is 2.14. The number of aromatic nitrogens is 3. The first-order valence-corrected chi connectivity index (χ1v) is 7.34. The third kappa shape index (κ3) is 2.50. The van der Waals surface area contributed by atoms with Crippen LogP contribution in [0.25, 0.3) is 21.8 Å². The Kier molecular flexibility index (Phi) is 3.62. The van der Waals surface area contributed by atoms with Gasteiger partial charge in [0, 0.05) is 29.2 Å². The van der Waals surface area contributed by atoms with Gasteiger partial charge in [0.25, 0.3) is 0 Å². The first kappa shape index (κ1) is 13.0. The molecule has 0 amide bonds. The number of nitrogens with two attached hydrogens (primary N) is 1. The van der Waals surface area contributed by atoms with Crippen molar-refractivity contribution in [3.05, 3.63) is 47.6 Å². The maximum atomic E-state index is 5.72.